The van der Waals surface area contributed by atoms with E-state index in [1.165, 1.54) is 12.1 Å². The quantitative estimate of drug-likeness (QED) is 0.537. The van der Waals surface area contributed by atoms with Crippen LogP contribution in [0.4, 0.5) is 11.7 Å². The van der Waals surface area contributed by atoms with Crippen LogP contribution in [0.2, 0.25) is 0 Å². The van der Waals surface area contributed by atoms with Gasteiger partial charge in [0.1, 0.15) is 4.92 Å². The van der Waals surface area contributed by atoms with E-state index in [4.69, 9.17) is 9.15 Å². The van der Waals surface area contributed by atoms with E-state index in [2.05, 4.69) is 14.9 Å². The minimum Gasteiger partial charge on any atom is -0.397 e. The number of nitro groups is 1. The molecule has 1 fully saturated rings. The molecule has 0 aromatic carbocycles. The van der Waals surface area contributed by atoms with Crippen LogP contribution in [-0.4, -0.2) is 41.2 Å². The van der Waals surface area contributed by atoms with Crippen molar-refractivity contribution in [3.8, 4) is 11.6 Å². The maximum absolute atomic E-state index is 10.8. The molecule has 0 spiro atoms. The summed E-state index contributed by atoms with van der Waals surface area (Å²) in [4.78, 5) is 21.4. The first kappa shape index (κ1) is 14.1. The van der Waals surface area contributed by atoms with Gasteiger partial charge in [0.15, 0.2) is 17.4 Å². The van der Waals surface area contributed by atoms with E-state index in [0.29, 0.717) is 24.8 Å². The monoisotopic (exact) mass is 332 g/mol. The Morgan fingerprint density at radius 2 is 2.04 bits per heavy atom. The number of thiophene rings is 1. The van der Waals surface area contributed by atoms with E-state index in [1.54, 1.807) is 11.3 Å². The zero-order valence-corrected chi connectivity index (χ0v) is 12.8. The molecule has 4 rings (SSSR count). The number of hydrogen-bond acceptors (Lipinski definition) is 8. The van der Waals surface area contributed by atoms with Gasteiger partial charge < -0.3 is 14.1 Å². The van der Waals surface area contributed by atoms with E-state index in [-0.39, 0.29) is 5.88 Å². The molecule has 0 N–H and O–H groups in total. The number of morpholine rings is 1. The van der Waals surface area contributed by atoms with E-state index in [0.717, 1.165) is 29.1 Å². The number of nitrogens with zero attached hydrogens (tertiary/aromatic N) is 4. The number of aromatic nitrogens is 2. The van der Waals surface area contributed by atoms with Gasteiger partial charge in [-0.1, -0.05) is 0 Å². The summed E-state index contributed by atoms with van der Waals surface area (Å²) in [5, 5.41) is 12.7. The third kappa shape index (κ3) is 2.53. The first-order valence-corrected chi connectivity index (χ1v) is 7.93. The van der Waals surface area contributed by atoms with E-state index < -0.39 is 4.92 Å². The third-order valence-electron chi connectivity index (χ3n) is 3.59. The first-order valence-electron chi connectivity index (χ1n) is 7.05. The van der Waals surface area contributed by atoms with E-state index >= 15 is 0 Å². The summed E-state index contributed by atoms with van der Waals surface area (Å²) < 4.78 is 11.6. The van der Waals surface area contributed by atoms with Crippen LogP contribution in [0, 0.1) is 10.1 Å². The molecule has 0 aliphatic carbocycles. The normalized spacial score (nSPS) is 15.2. The van der Waals surface area contributed by atoms with Gasteiger partial charge in [-0.25, -0.2) is 9.97 Å². The van der Waals surface area contributed by atoms with Gasteiger partial charge in [0, 0.05) is 13.1 Å². The number of anilines is 1. The Morgan fingerprint density at radius 3 is 2.78 bits per heavy atom. The predicted octanol–water partition coefficient (Wildman–Crippen LogP) is 2.70. The summed E-state index contributed by atoms with van der Waals surface area (Å²) in [6, 6.07) is 4.74. The van der Waals surface area contributed by atoms with Crippen molar-refractivity contribution in [3.63, 3.8) is 0 Å². The molecule has 0 radical (unpaired) electrons. The minimum absolute atomic E-state index is 0.291. The third-order valence-corrected chi connectivity index (χ3v) is 4.49. The van der Waals surface area contributed by atoms with Crippen LogP contribution in [0.1, 0.15) is 0 Å². The van der Waals surface area contributed by atoms with Gasteiger partial charge in [-0.3, -0.25) is 10.1 Å². The maximum Gasteiger partial charge on any atom is 0.433 e. The van der Waals surface area contributed by atoms with Gasteiger partial charge in [-0.05, 0) is 17.5 Å². The number of rotatable bonds is 3. The second-order valence-electron chi connectivity index (χ2n) is 5.00. The average Bonchev–Trinajstić information content (AvgIpc) is 3.23. The summed E-state index contributed by atoms with van der Waals surface area (Å²) >= 11 is 1.58. The van der Waals surface area contributed by atoms with Crippen molar-refractivity contribution in [1.29, 1.82) is 0 Å². The summed E-state index contributed by atoms with van der Waals surface area (Å²) in [6.45, 7) is 2.81. The summed E-state index contributed by atoms with van der Waals surface area (Å²) in [5.41, 5.74) is 0.806. The van der Waals surface area contributed by atoms with Crippen LogP contribution in [0.15, 0.2) is 28.0 Å². The fourth-order valence-electron chi connectivity index (χ4n) is 2.49. The van der Waals surface area contributed by atoms with Crippen LogP contribution in [0.5, 0.6) is 0 Å². The van der Waals surface area contributed by atoms with Gasteiger partial charge >= 0.3 is 5.88 Å². The molecule has 1 aliphatic rings. The molecule has 0 unspecified atom stereocenters. The number of fused-ring (bicyclic) bond motifs is 1. The molecule has 118 valence electrons. The molecule has 0 atom stereocenters. The second-order valence-corrected chi connectivity index (χ2v) is 5.92. The highest BCUT2D eigenvalue weighted by Gasteiger charge is 2.21. The van der Waals surface area contributed by atoms with Crippen molar-refractivity contribution in [2.45, 2.75) is 0 Å². The van der Waals surface area contributed by atoms with Crippen LogP contribution in [-0.2, 0) is 4.74 Å². The molecule has 3 aromatic rings. The lowest BCUT2D eigenvalue weighted by Gasteiger charge is -2.28. The molecule has 4 heterocycles. The highest BCUT2D eigenvalue weighted by Crippen LogP contribution is 2.33. The maximum atomic E-state index is 10.8. The Labute approximate surface area is 134 Å². The Balaban J connectivity index is 1.82. The van der Waals surface area contributed by atoms with Gasteiger partial charge in [0.05, 0.1) is 29.5 Å². The SMILES string of the molecule is O=[N+]([O-])c1ccc(-c2nc(N3CCOCC3)c3sccc3n2)o1. The Hall–Kier alpha value is -2.52. The van der Waals surface area contributed by atoms with E-state index in [9.17, 15) is 10.1 Å². The number of hydrogen-bond donors (Lipinski definition) is 0. The highest BCUT2D eigenvalue weighted by atomic mass is 32.1. The lowest BCUT2D eigenvalue weighted by Crippen LogP contribution is -2.36. The zero-order valence-electron chi connectivity index (χ0n) is 12.0. The molecular formula is C14H12N4O4S. The van der Waals surface area contributed by atoms with Crippen molar-refractivity contribution >= 4 is 33.3 Å². The Bertz CT molecular complexity index is 869. The van der Waals surface area contributed by atoms with Crippen molar-refractivity contribution in [2.75, 3.05) is 31.2 Å². The first-order chi connectivity index (χ1) is 11.2. The second kappa shape index (κ2) is 5.60. The van der Waals surface area contributed by atoms with Crippen molar-refractivity contribution in [3.05, 3.63) is 33.7 Å². The number of ether oxygens (including phenoxy) is 1. The van der Waals surface area contributed by atoms with Crippen molar-refractivity contribution < 1.29 is 14.1 Å². The smallest absolute Gasteiger partial charge is 0.397 e. The molecule has 1 aliphatic heterocycles. The van der Waals surface area contributed by atoms with Gasteiger partial charge in [-0.15, -0.1) is 11.3 Å². The standard InChI is InChI=1S/C14H12N4O4S/c19-18(20)11-2-1-10(22-11)13-15-9-3-8-23-12(9)14(16-13)17-4-6-21-7-5-17/h1-3,8H,4-7H2. The fraction of sp³-hybridized carbons (Fsp3) is 0.286. The van der Waals surface area contributed by atoms with Gasteiger partial charge in [-0.2, -0.15) is 0 Å². The molecule has 1 saturated heterocycles. The largest absolute Gasteiger partial charge is 0.433 e. The molecule has 0 bridgehead atoms. The minimum atomic E-state index is -0.574. The van der Waals surface area contributed by atoms with Crippen molar-refractivity contribution in [2.24, 2.45) is 0 Å². The Kier molecular flexibility index (Phi) is 3.43. The van der Waals surface area contributed by atoms with Crippen LogP contribution in [0.25, 0.3) is 21.8 Å². The van der Waals surface area contributed by atoms with Crippen LogP contribution in [0.3, 0.4) is 0 Å². The molecule has 3 aromatic heterocycles. The lowest BCUT2D eigenvalue weighted by atomic mass is 10.3. The fourth-order valence-corrected chi connectivity index (χ4v) is 3.34. The molecular weight excluding hydrogens is 320 g/mol. The molecule has 23 heavy (non-hydrogen) atoms. The highest BCUT2D eigenvalue weighted by molar-refractivity contribution is 7.17. The molecule has 0 amide bonds. The topological polar surface area (TPSA) is 94.5 Å². The molecule has 9 heteroatoms. The van der Waals surface area contributed by atoms with Gasteiger partial charge in [0.2, 0.25) is 0 Å². The number of furan rings is 1. The summed E-state index contributed by atoms with van der Waals surface area (Å²) in [6.07, 6.45) is 0. The van der Waals surface area contributed by atoms with Crippen LogP contribution >= 0.6 is 11.3 Å². The average molecular weight is 332 g/mol. The summed E-state index contributed by atoms with van der Waals surface area (Å²) in [5.74, 6) is 1.15. The summed E-state index contributed by atoms with van der Waals surface area (Å²) in [7, 11) is 0. The predicted molar refractivity (Wildman–Crippen MR) is 84.8 cm³/mol. The molecule has 0 saturated carbocycles. The zero-order chi connectivity index (χ0) is 15.8. The molecule has 8 nitrogen and oxygen atoms in total. The Morgan fingerprint density at radius 1 is 1.22 bits per heavy atom. The van der Waals surface area contributed by atoms with Gasteiger partial charge in [0.25, 0.3) is 0 Å². The van der Waals surface area contributed by atoms with Crippen LogP contribution < -0.4 is 4.90 Å². The lowest BCUT2D eigenvalue weighted by molar-refractivity contribution is -0.401. The van der Waals surface area contributed by atoms with E-state index in [1.807, 2.05) is 11.4 Å². The van der Waals surface area contributed by atoms with Crippen molar-refractivity contribution in [1.82, 2.24) is 9.97 Å².